The number of carboxylic acid groups (broad SMARTS) is 1. The second-order valence-corrected chi connectivity index (χ2v) is 5.90. The van der Waals surface area contributed by atoms with E-state index in [4.69, 9.17) is 5.11 Å². The van der Waals surface area contributed by atoms with Crippen molar-refractivity contribution in [2.24, 2.45) is 5.92 Å². The SMILES string of the molecule is CC(CCCC(C)C(=O)O)NCc1ccccc1Br. The first-order valence-corrected chi connectivity index (χ1v) is 7.49. The van der Waals surface area contributed by atoms with Crippen LogP contribution in [0.4, 0.5) is 0 Å². The summed E-state index contributed by atoms with van der Waals surface area (Å²) in [5, 5.41) is 12.3. The van der Waals surface area contributed by atoms with Crippen molar-refractivity contribution in [2.45, 2.75) is 45.7 Å². The zero-order chi connectivity index (χ0) is 14.3. The highest BCUT2D eigenvalue weighted by Crippen LogP contribution is 2.16. The minimum absolute atomic E-state index is 0.240. The van der Waals surface area contributed by atoms with E-state index >= 15 is 0 Å². The second kappa shape index (κ2) is 8.33. The van der Waals surface area contributed by atoms with Gasteiger partial charge in [0.05, 0.1) is 5.92 Å². The van der Waals surface area contributed by atoms with Crippen LogP contribution in [-0.4, -0.2) is 17.1 Å². The first-order chi connectivity index (χ1) is 9.00. The molecule has 0 saturated carbocycles. The van der Waals surface area contributed by atoms with Crippen LogP contribution in [-0.2, 0) is 11.3 Å². The molecule has 0 aliphatic rings. The molecule has 0 spiro atoms. The van der Waals surface area contributed by atoms with Crippen LogP contribution in [0.25, 0.3) is 0 Å². The molecule has 2 N–H and O–H groups in total. The van der Waals surface area contributed by atoms with E-state index in [2.05, 4.69) is 34.2 Å². The second-order valence-electron chi connectivity index (χ2n) is 5.04. The zero-order valence-corrected chi connectivity index (χ0v) is 13.1. The molecular weight excluding hydrogens is 306 g/mol. The average molecular weight is 328 g/mol. The van der Waals surface area contributed by atoms with Crippen molar-refractivity contribution in [1.29, 1.82) is 0 Å². The van der Waals surface area contributed by atoms with Gasteiger partial charge in [0, 0.05) is 17.1 Å². The van der Waals surface area contributed by atoms with Gasteiger partial charge in [0.25, 0.3) is 0 Å². The number of aliphatic carboxylic acids is 1. The molecule has 0 fully saturated rings. The molecule has 0 bridgehead atoms. The lowest BCUT2D eigenvalue weighted by Gasteiger charge is -2.15. The van der Waals surface area contributed by atoms with Gasteiger partial charge in [-0.15, -0.1) is 0 Å². The molecule has 0 saturated heterocycles. The summed E-state index contributed by atoms with van der Waals surface area (Å²) in [6.45, 7) is 4.74. The highest BCUT2D eigenvalue weighted by Gasteiger charge is 2.11. The van der Waals surface area contributed by atoms with E-state index in [0.29, 0.717) is 6.04 Å². The van der Waals surface area contributed by atoms with Crippen LogP contribution >= 0.6 is 15.9 Å². The van der Waals surface area contributed by atoms with Crippen LogP contribution in [0.3, 0.4) is 0 Å². The first-order valence-electron chi connectivity index (χ1n) is 6.70. The smallest absolute Gasteiger partial charge is 0.306 e. The maximum absolute atomic E-state index is 10.7. The summed E-state index contributed by atoms with van der Waals surface area (Å²) >= 11 is 3.53. The van der Waals surface area contributed by atoms with Gasteiger partial charge in [0.15, 0.2) is 0 Å². The van der Waals surface area contributed by atoms with Gasteiger partial charge in [-0.2, -0.15) is 0 Å². The van der Waals surface area contributed by atoms with E-state index in [0.717, 1.165) is 30.3 Å². The summed E-state index contributed by atoms with van der Waals surface area (Å²) < 4.78 is 1.12. The highest BCUT2D eigenvalue weighted by atomic mass is 79.9. The van der Waals surface area contributed by atoms with E-state index < -0.39 is 5.97 Å². The van der Waals surface area contributed by atoms with Gasteiger partial charge in [-0.3, -0.25) is 4.79 Å². The van der Waals surface area contributed by atoms with Crippen LogP contribution in [0.2, 0.25) is 0 Å². The summed E-state index contributed by atoms with van der Waals surface area (Å²) in [7, 11) is 0. The summed E-state index contributed by atoms with van der Waals surface area (Å²) in [5.74, 6) is -0.940. The summed E-state index contributed by atoms with van der Waals surface area (Å²) in [5.41, 5.74) is 1.24. The van der Waals surface area contributed by atoms with E-state index in [1.165, 1.54) is 5.56 Å². The Hall–Kier alpha value is -0.870. The quantitative estimate of drug-likeness (QED) is 0.763. The van der Waals surface area contributed by atoms with Gasteiger partial charge in [-0.25, -0.2) is 0 Å². The van der Waals surface area contributed by atoms with Crippen LogP contribution in [0, 0.1) is 5.92 Å². The minimum Gasteiger partial charge on any atom is -0.481 e. The molecule has 0 aliphatic carbocycles. The maximum atomic E-state index is 10.7. The molecule has 0 aromatic heterocycles. The Bertz CT molecular complexity index is 409. The minimum atomic E-state index is -0.700. The lowest BCUT2D eigenvalue weighted by atomic mass is 10.0. The number of halogens is 1. The normalized spacial score (nSPS) is 14.1. The number of benzene rings is 1. The van der Waals surface area contributed by atoms with E-state index in [1.54, 1.807) is 6.92 Å². The monoisotopic (exact) mass is 327 g/mol. The fourth-order valence-electron chi connectivity index (χ4n) is 1.88. The van der Waals surface area contributed by atoms with Crippen molar-refractivity contribution in [1.82, 2.24) is 5.32 Å². The highest BCUT2D eigenvalue weighted by molar-refractivity contribution is 9.10. The molecule has 4 heteroatoms. The van der Waals surface area contributed by atoms with E-state index in [9.17, 15) is 4.79 Å². The fraction of sp³-hybridized carbons (Fsp3) is 0.533. The van der Waals surface area contributed by atoms with Crippen molar-refractivity contribution >= 4 is 21.9 Å². The Morgan fingerprint density at radius 3 is 2.63 bits per heavy atom. The zero-order valence-electron chi connectivity index (χ0n) is 11.5. The molecular formula is C15H22BrNO2. The van der Waals surface area contributed by atoms with Gasteiger partial charge in [-0.1, -0.05) is 47.5 Å². The number of hydrogen-bond donors (Lipinski definition) is 2. The van der Waals surface area contributed by atoms with Crippen molar-refractivity contribution < 1.29 is 9.90 Å². The fourth-order valence-corrected chi connectivity index (χ4v) is 2.31. The molecule has 0 aliphatic heterocycles. The molecule has 0 amide bonds. The van der Waals surface area contributed by atoms with Crippen LogP contribution in [0.1, 0.15) is 38.7 Å². The molecule has 19 heavy (non-hydrogen) atoms. The first kappa shape index (κ1) is 16.2. The maximum Gasteiger partial charge on any atom is 0.306 e. The molecule has 1 aromatic carbocycles. The van der Waals surface area contributed by atoms with Gasteiger partial charge in [0.1, 0.15) is 0 Å². The van der Waals surface area contributed by atoms with Gasteiger partial charge >= 0.3 is 5.97 Å². The molecule has 1 aromatic rings. The summed E-state index contributed by atoms with van der Waals surface area (Å²) in [4.78, 5) is 10.7. The van der Waals surface area contributed by atoms with Crippen molar-refractivity contribution in [3.8, 4) is 0 Å². The van der Waals surface area contributed by atoms with Crippen LogP contribution < -0.4 is 5.32 Å². The lowest BCUT2D eigenvalue weighted by Crippen LogP contribution is -2.25. The van der Waals surface area contributed by atoms with Crippen LogP contribution in [0.5, 0.6) is 0 Å². The standard InChI is InChI=1S/C15H22BrNO2/c1-11(15(18)19)6-5-7-12(2)17-10-13-8-3-4-9-14(13)16/h3-4,8-9,11-12,17H,5-7,10H2,1-2H3,(H,18,19). The molecule has 2 unspecified atom stereocenters. The van der Waals surface area contributed by atoms with Gasteiger partial charge in [-0.05, 0) is 31.4 Å². The Labute approximate surface area is 123 Å². The average Bonchev–Trinajstić information content (AvgIpc) is 2.37. The topological polar surface area (TPSA) is 49.3 Å². The molecule has 106 valence electrons. The van der Waals surface area contributed by atoms with E-state index in [-0.39, 0.29) is 5.92 Å². The largest absolute Gasteiger partial charge is 0.481 e. The van der Waals surface area contributed by atoms with Crippen molar-refractivity contribution in [2.75, 3.05) is 0 Å². The van der Waals surface area contributed by atoms with Crippen molar-refractivity contribution in [3.05, 3.63) is 34.3 Å². The molecule has 0 heterocycles. The Morgan fingerprint density at radius 1 is 1.32 bits per heavy atom. The third kappa shape index (κ3) is 6.21. The summed E-state index contributed by atoms with van der Waals surface area (Å²) in [6.07, 6.45) is 2.69. The predicted octanol–water partition coefficient (Wildman–Crippen LogP) is 3.82. The number of rotatable bonds is 8. The number of nitrogens with one attached hydrogen (secondary N) is 1. The molecule has 3 nitrogen and oxygen atoms in total. The van der Waals surface area contributed by atoms with E-state index in [1.807, 2.05) is 18.2 Å². The Kier molecular flexibility index (Phi) is 7.10. The lowest BCUT2D eigenvalue weighted by molar-refractivity contribution is -0.141. The molecule has 2 atom stereocenters. The Morgan fingerprint density at radius 2 is 2.00 bits per heavy atom. The van der Waals surface area contributed by atoms with Crippen LogP contribution in [0.15, 0.2) is 28.7 Å². The van der Waals surface area contributed by atoms with Crippen molar-refractivity contribution in [3.63, 3.8) is 0 Å². The van der Waals surface area contributed by atoms with Gasteiger partial charge in [0.2, 0.25) is 0 Å². The predicted molar refractivity (Wildman–Crippen MR) is 81.1 cm³/mol. The summed E-state index contributed by atoms with van der Waals surface area (Å²) in [6, 6.07) is 8.56. The molecule has 1 rings (SSSR count). The number of hydrogen-bond acceptors (Lipinski definition) is 2. The number of carbonyl (C=O) groups is 1. The Balaban J connectivity index is 2.23. The third-order valence-corrected chi connectivity index (χ3v) is 4.07. The van der Waals surface area contributed by atoms with Gasteiger partial charge < -0.3 is 10.4 Å². The third-order valence-electron chi connectivity index (χ3n) is 3.29. The molecule has 0 radical (unpaired) electrons. The number of carboxylic acids is 1.